The molecule has 1 saturated carbocycles. The average Bonchev–Trinajstić information content (AvgIpc) is 2.64. The number of methoxy groups -OCH3 is 1. The quantitative estimate of drug-likeness (QED) is 0.812. The molecular formula is C14H21FN2O. The van der Waals surface area contributed by atoms with Crippen LogP contribution in [0.3, 0.4) is 0 Å². The number of ether oxygens (including phenoxy) is 1. The smallest absolute Gasteiger partial charge is 0.167 e. The molecule has 0 saturated heterocycles. The number of nitrogens with two attached hydrogens (primary N) is 1. The lowest BCUT2D eigenvalue weighted by atomic mass is 10.0. The van der Waals surface area contributed by atoms with Crippen molar-refractivity contribution in [2.45, 2.75) is 33.7 Å². The second-order valence-electron chi connectivity index (χ2n) is 6.09. The van der Waals surface area contributed by atoms with Gasteiger partial charge in [-0.3, -0.25) is 0 Å². The van der Waals surface area contributed by atoms with Gasteiger partial charge in [-0.15, -0.1) is 0 Å². The molecular weight excluding hydrogens is 231 g/mol. The average molecular weight is 252 g/mol. The molecule has 0 radical (unpaired) electrons. The van der Waals surface area contributed by atoms with E-state index in [0.717, 1.165) is 5.69 Å². The third-order valence-electron chi connectivity index (χ3n) is 4.64. The van der Waals surface area contributed by atoms with Crippen molar-refractivity contribution in [1.29, 1.82) is 0 Å². The van der Waals surface area contributed by atoms with Crippen molar-refractivity contribution < 1.29 is 9.13 Å². The molecule has 4 heteroatoms. The van der Waals surface area contributed by atoms with Crippen LogP contribution in [-0.4, -0.2) is 13.2 Å². The molecule has 0 amide bonds. The first kappa shape index (κ1) is 13.0. The summed E-state index contributed by atoms with van der Waals surface area (Å²) in [4.78, 5) is 0. The molecule has 2 rings (SSSR count). The number of rotatable bonds is 3. The Hall–Kier alpha value is -1.45. The Bertz CT molecular complexity index is 469. The molecule has 0 aromatic heterocycles. The first-order valence-electron chi connectivity index (χ1n) is 6.11. The lowest BCUT2D eigenvalue weighted by Crippen LogP contribution is -2.12. The lowest BCUT2D eigenvalue weighted by molar-refractivity contribution is 0.387. The van der Waals surface area contributed by atoms with Gasteiger partial charge in [0.05, 0.1) is 18.5 Å². The van der Waals surface area contributed by atoms with Crippen molar-refractivity contribution in [3.05, 3.63) is 17.9 Å². The van der Waals surface area contributed by atoms with Gasteiger partial charge in [-0.2, -0.15) is 0 Å². The summed E-state index contributed by atoms with van der Waals surface area (Å²) in [5.41, 5.74) is 7.37. The first-order chi connectivity index (χ1) is 8.21. The third-order valence-corrected chi connectivity index (χ3v) is 4.64. The molecule has 1 fully saturated rings. The van der Waals surface area contributed by atoms with Gasteiger partial charge in [0.15, 0.2) is 11.6 Å². The van der Waals surface area contributed by atoms with Gasteiger partial charge in [-0.25, -0.2) is 4.39 Å². The molecule has 1 aliphatic carbocycles. The SMILES string of the molecule is COc1cc(NC2C(C)(C)C2(C)C)c(N)cc1F. The highest BCUT2D eigenvalue weighted by Crippen LogP contribution is 2.64. The minimum absolute atomic E-state index is 0.195. The molecule has 0 aliphatic heterocycles. The van der Waals surface area contributed by atoms with Crippen LogP contribution in [0.2, 0.25) is 0 Å². The standard InChI is InChI=1S/C14H21FN2O/c1-13(2)12(14(13,3)4)17-10-7-11(18-5)8(15)6-9(10)16/h6-7,12,17H,16H2,1-5H3. The van der Waals surface area contributed by atoms with E-state index < -0.39 is 5.82 Å². The van der Waals surface area contributed by atoms with E-state index in [2.05, 4.69) is 33.0 Å². The molecule has 3 nitrogen and oxygen atoms in total. The summed E-state index contributed by atoms with van der Waals surface area (Å²) in [6.07, 6.45) is 0. The summed E-state index contributed by atoms with van der Waals surface area (Å²) in [7, 11) is 1.45. The van der Waals surface area contributed by atoms with Crippen LogP contribution in [-0.2, 0) is 0 Å². The molecule has 1 aromatic rings. The molecule has 100 valence electrons. The zero-order chi connectivity index (χ0) is 13.7. The van der Waals surface area contributed by atoms with Gasteiger partial charge < -0.3 is 15.8 Å². The summed E-state index contributed by atoms with van der Waals surface area (Å²) in [5, 5.41) is 3.39. The molecule has 1 aromatic carbocycles. The Morgan fingerprint density at radius 2 is 1.78 bits per heavy atom. The number of nitrogens with one attached hydrogen (secondary N) is 1. The van der Waals surface area contributed by atoms with E-state index >= 15 is 0 Å². The number of nitrogen functional groups attached to an aromatic ring is 1. The van der Waals surface area contributed by atoms with Gasteiger partial charge in [0.25, 0.3) is 0 Å². The van der Waals surface area contributed by atoms with Gasteiger partial charge in [0.2, 0.25) is 0 Å². The van der Waals surface area contributed by atoms with Crippen LogP contribution in [0.5, 0.6) is 5.75 Å². The van der Waals surface area contributed by atoms with Crippen LogP contribution in [0, 0.1) is 16.6 Å². The summed E-state index contributed by atoms with van der Waals surface area (Å²) in [5.74, 6) is -0.224. The fourth-order valence-electron chi connectivity index (χ4n) is 2.56. The topological polar surface area (TPSA) is 47.3 Å². The van der Waals surface area contributed by atoms with Crippen molar-refractivity contribution in [3.63, 3.8) is 0 Å². The van der Waals surface area contributed by atoms with Gasteiger partial charge in [-0.05, 0) is 10.8 Å². The predicted octanol–water partition coefficient (Wildman–Crippen LogP) is 3.26. The van der Waals surface area contributed by atoms with Gasteiger partial charge >= 0.3 is 0 Å². The van der Waals surface area contributed by atoms with Crippen LogP contribution in [0.1, 0.15) is 27.7 Å². The van der Waals surface area contributed by atoms with Crippen molar-refractivity contribution in [2.24, 2.45) is 10.8 Å². The largest absolute Gasteiger partial charge is 0.494 e. The Kier molecular flexibility index (Phi) is 2.72. The maximum atomic E-state index is 13.5. The molecule has 1 aliphatic rings. The Labute approximate surface area is 108 Å². The maximum Gasteiger partial charge on any atom is 0.167 e. The number of halogens is 1. The van der Waals surface area contributed by atoms with Gasteiger partial charge in [-0.1, -0.05) is 27.7 Å². The van der Waals surface area contributed by atoms with Gasteiger partial charge in [0, 0.05) is 18.2 Å². The van der Waals surface area contributed by atoms with Crippen LogP contribution in [0.15, 0.2) is 12.1 Å². The Morgan fingerprint density at radius 1 is 1.22 bits per heavy atom. The highest BCUT2D eigenvalue weighted by Gasteiger charge is 2.65. The number of anilines is 2. The van der Waals surface area contributed by atoms with E-state index in [-0.39, 0.29) is 16.6 Å². The minimum atomic E-state index is -0.435. The molecule has 0 spiro atoms. The van der Waals surface area contributed by atoms with Crippen molar-refractivity contribution in [1.82, 2.24) is 0 Å². The number of benzene rings is 1. The Morgan fingerprint density at radius 3 is 2.22 bits per heavy atom. The zero-order valence-electron chi connectivity index (χ0n) is 11.6. The predicted molar refractivity (Wildman–Crippen MR) is 72.3 cm³/mol. The van der Waals surface area contributed by atoms with E-state index in [1.165, 1.54) is 13.2 Å². The van der Waals surface area contributed by atoms with Crippen molar-refractivity contribution in [2.75, 3.05) is 18.2 Å². The minimum Gasteiger partial charge on any atom is -0.494 e. The fraction of sp³-hybridized carbons (Fsp3) is 0.571. The summed E-state index contributed by atoms with van der Waals surface area (Å²) in [6, 6.07) is 3.24. The first-order valence-corrected chi connectivity index (χ1v) is 6.11. The molecule has 0 bridgehead atoms. The molecule has 3 N–H and O–H groups in total. The zero-order valence-corrected chi connectivity index (χ0v) is 11.6. The second-order valence-corrected chi connectivity index (χ2v) is 6.09. The number of hydrogen-bond donors (Lipinski definition) is 2. The van der Waals surface area contributed by atoms with Crippen LogP contribution in [0.4, 0.5) is 15.8 Å². The van der Waals surface area contributed by atoms with Crippen molar-refractivity contribution >= 4 is 11.4 Å². The normalized spacial score (nSPS) is 20.6. The highest BCUT2D eigenvalue weighted by molar-refractivity contribution is 5.70. The summed E-state index contributed by atoms with van der Waals surface area (Å²) in [6.45, 7) is 8.84. The fourth-order valence-corrected chi connectivity index (χ4v) is 2.56. The molecule has 0 heterocycles. The lowest BCUT2D eigenvalue weighted by Gasteiger charge is -2.13. The Balaban J connectivity index is 2.26. The number of hydrogen-bond acceptors (Lipinski definition) is 3. The summed E-state index contributed by atoms with van der Waals surface area (Å²) < 4.78 is 18.4. The highest BCUT2D eigenvalue weighted by atomic mass is 19.1. The monoisotopic (exact) mass is 252 g/mol. The maximum absolute atomic E-state index is 13.5. The second kappa shape index (κ2) is 3.77. The van der Waals surface area contributed by atoms with E-state index in [4.69, 9.17) is 10.5 Å². The third kappa shape index (κ3) is 1.71. The molecule has 0 atom stereocenters. The van der Waals surface area contributed by atoms with E-state index in [1.807, 2.05) is 0 Å². The molecule has 0 unspecified atom stereocenters. The van der Waals surface area contributed by atoms with Gasteiger partial charge in [0.1, 0.15) is 0 Å². The van der Waals surface area contributed by atoms with Crippen molar-refractivity contribution in [3.8, 4) is 5.75 Å². The van der Waals surface area contributed by atoms with Crippen LogP contribution in [0.25, 0.3) is 0 Å². The van der Waals surface area contributed by atoms with E-state index in [9.17, 15) is 4.39 Å². The van der Waals surface area contributed by atoms with E-state index in [1.54, 1.807) is 6.07 Å². The van der Waals surface area contributed by atoms with Crippen LogP contribution < -0.4 is 15.8 Å². The van der Waals surface area contributed by atoms with Crippen LogP contribution >= 0.6 is 0 Å². The summed E-state index contributed by atoms with van der Waals surface area (Å²) >= 11 is 0. The van der Waals surface area contributed by atoms with E-state index in [0.29, 0.717) is 11.7 Å². The molecule has 18 heavy (non-hydrogen) atoms.